The molecule has 0 saturated carbocycles. The lowest BCUT2D eigenvalue weighted by molar-refractivity contribution is 0.480. The fourth-order valence-corrected chi connectivity index (χ4v) is 2.81. The fraction of sp³-hybridized carbons (Fsp3) is 0.438. The molecule has 0 aromatic heterocycles. The van der Waals surface area contributed by atoms with E-state index >= 15 is 0 Å². The van der Waals surface area contributed by atoms with Crippen LogP contribution < -0.4 is 0 Å². The van der Waals surface area contributed by atoms with Crippen LogP contribution in [0.3, 0.4) is 0 Å². The van der Waals surface area contributed by atoms with Crippen molar-refractivity contribution in [2.24, 2.45) is 5.92 Å². The van der Waals surface area contributed by atoms with Gasteiger partial charge in [-0.25, -0.2) is 0 Å². The van der Waals surface area contributed by atoms with Gasteiger partial charge in [-0.1, -0.05) is 152 Å². The van der Waals surface area contributed by atoms with Gasteiger partial charge in [0.25, 0.3) is 0 Å². The molecule has 0 saturated heterocycles. The van der Waals surface area contributed by atoms with Crippen molar-refractivity contribution in [1.29, 1.82) is 0 Å². The Morgan fingerprint density at radius 3 is 1.38 bits per heavy atom. The highest BCUT2D eigenvalue weighted by Crippen LogP contribution is 2.10. The molecule has 0 heterocycles. The van der Waals surface area contributed by atoms with E-state index < -0.39 is 0 Å². The second-order valence-electron chi connectivity index (χ2n) is 7.86. The van der Waals surface area contributed by atoms with Gasteiger partial charge in [0, 0.05) is 0 Å². The van der Waals surface area contributed by atoms with Crippen LogP contribution in [0.4, 0.5) is 0 Å². The van der Waals surface area contributed by atoms with Crippen LogP contribution in [-0.2, 0) is 6.42 Å². The Labute approximate surface area is 201 Å². The molecule has 0 heteroatoms. The molecule has 0 aliphatic heterocycles. The van der Waals surface area contributed by atoms with Gasteiger partial charge < -0.3 is 0 Å². The number of hydrogen-bond acceptors (Lipinski definition) is 0. The Kier molecular flexibility index (Phi) is 26.6. The Morgan fingerprint density at radius 2 is 1.16 bits per heavy atom. The molecule has 2 aliphatic carbocycles. The molecule has 0 amide bonds. The third kappa shape index (κ3) is 23.9. The number of benzene rings is 1. The van der Waals surface area contributed by atoms with Crippen molar-refractivity contribution in [3.05, 3.63) is 103 Å². The Balaban J connectivity index is 0. The molecule has 32 heavy (non-hydrogen) atoms. The van der Waals surface area contributed by atoms with Gasteiger partial charge >= 0.3 is 0 Å². The predicted octanol–water partition coefficient (Wildman–Crippen LogP) is 10.7. The van der Waals surface area contributed by atoms with Gasteiger partial charge in [0.1, 0.15) is 0 Å². The van der Waals surface area contributed by atoms with E-state index in [1.54, 1.807) is 0 Å². The van der Waals surface area contributed by atoms with E-state index in [1.165, 1.54) is 36.8 Å². The van der Waals surface area contributed by atoms with Crippen LogP contribution in [0, 0.1) is 5.92 Å². The maximum absolute atomic E-state index is 3.69. The van der Waals surface area contributed by atoms with Crippen LogP contribution in [0.25, 0.3) is 6.08 Å². The highest BCUT2D eigenvalue weighted by Gasteiger charge is 1.95. The Bertz CT molecular complexity index is 589. The average Bonchev–Trinajstić information content (AvgIpc) is 3.59. The van der Waals surface area contributed by atoms with Crippen LogP contribution >= 0.6 is 0 Å². The minimum Gasteiger partial charge on any atom is -0.103 e. The molecular weight excluding hydrogens is 384 g/mol. The highest BCUT2D eigenvalue weighted by atomic mass is 14.0. The quantitative estimate of drug-likeness (QED) is 0.374. The van der Waals surface area contributed by atoms with Crippen molar-refractivity contribution in [1.82, 2.24) is 0 Å². The van der Waals surface area contributed by atoms with Crippen molar-refractivity contribution >= 4 is 6.08 Å². The first-order chi connectivity index (χ1) is 15.6. The molecule has 2 aliphatic rings. The van der Waals surface area contributed by atoms with Gasteiger partial charge in [0.15, 0.2) is 0 Å². The van der Waals surface area contributed by atoms with Gasteiger partial charge in [-0.3, -0.25) is 0 Å². The zero-order chi connectivity index (χ0) is 24.3. The maximum Gasteiger partial charge on any atom is -0.0163 e. The van der Waals surface area contributed by atoms with E-state index in [9.17, 15) is 0 Å². The normalized spacial score (nSPS) is 11.8. The molecule has 3 rings (SSSR count). The smallest absolute Gasteiger partial charge is 0.0163 e. The van der Waals surface area contributed by atoms with Crippen molar-refractivity contribution in [2.75, 3.05) is 0 Å². The molecule has 0 unspecified atom stereocenters. The number of aryl methyl sites for hydroxylation is 1. The molecule has 0 spiro atoms. The summed E-state index contributed by atoms with van der Waals surface area (Å²) in [6.45, 7) is 18.2. The van der Waals surface area contributed by atoms with Gasteiger partial charge in [-0.15, -0.1) is 6.58 Å². The zero-order valence-electron chi connectivity index (χ0n) is 21.7. The van der Waals surface area contributed by atoms with E-state index in [0.29, 0.717) is 0 Å². The number of rotatable bonds is 7. The molecule has 0 atom stereocenters. The Hall–Kier alpha value is -2.34. The van der Waals surface area contributed by atoms with Crippen LogP contribution in [0.2, 0.25) is 0 Å². The Morgan fingerprint density at radius 1 is 0.750 bits per heavy atom. The summed E-state index contributed by atoms with van der Waals surface area (Å²) in [4.78, 5) is 0. The van der Waals surface area contributed by atoms with Crippen LogP contribution in [0.1, 0.15) is 90.7 Å². The van der Waals surface area contributed by atoms with Gasteiger partial charge in [0.2, 0.25) is 0 Å². The van der Waals surface area contributed by atoms with Crippen LogP contribution in [0.15, 0.2) is 92.1 Å². The standard InChI is InChI=1S/C10H12.C8H18.2C5H6.C4H8/c1-3-9-5-7-10(4-2)8-6-9;1-4-6-8(3)7-5-2;2*1-2-4-5-3-1;1-3-4-2/h3,5-8H,1,4H2,2H3;8H,4-7H2,1-3H3;2*1-4H,5H2;3H,1,4H2,2H3. The van der Waals surface area contributed by atoms with Crippen molar-refractivity contribution in [3.63, 3.8) is 0 Å². The zero-order valence-corrected chi connectivity index (χ0v) is 21.7. The topological polar surface area (TPSA) is 0 Å². The van der Waals surface area contributed by atoms with E-state index in [0.717, 1.165) is 31.6 Å². The average molecular weight is 435 g/mol. The summed E-state index contributed by atoms with van der Waals surface area (Å²) in [6.07, 6.45) is 30.4. The second kappa shape index (κ2) is 26.7. The third-order valence-electron chi connectivity index (χ3n) is 4.79. The molecule has 0 nitrogen and oxygen atoms in total. The van der Waals surface area contributed by atoms with E-state index in [-0.39, 0.29) is 0 Å². The predicted molar refractivity (Wildman–Crippen MR) is 151 cm³/mol. The second-order valence-corrected chi connectivity index (χ2v) is 7.86. The monoisotopic (exact) mass is 434 g/mol. The maximum atomic E-state index is 3.69. The lowest BCUT2D eigenvalue weighted by atomic mass is 10.0. The minimum atomic E-state index is 0.963. The van der Waals surface area contributed by atoms with E-state index in [1.807, 2.05) is 12.2 Å². The number of hydrogen-bond donors (Lipinski definition) is 0. The van der Waals surface area contributed by atoms with Gasteiger partial charge in [0.05, 0.1) is 0 Å². The van der Waals surface area contributed by atoms with Crippen molar-refractivity contribution in [3.8, 4) is 0 Å². The van der Waals surface area contributed by atoms with Gasteiger partial charge in [-0.2, -0.15) is 0 Å². The van der Waals surface area contributed by atoms with Crippen LogP contribution in [0.5, 0.6) is 0 Å². The molecule has 0 fully saturated rings. The van der Waals surface area contributed by atoms with Crippen molar-refractivity contribution < 1.29 is 0 Å². The van der Waals surface area contributed by atoms with E-state index in [4.69, 9.17) is 0 Å². The largest absolute Gasteiger partial charge is 0.103 e. The summed E-state index contributed by atoms with van der Waals surface area (Å²) in [6, 6.07) is 8.45. The summed E-state index contributed by atoms with van der Waals surface area (Å²) < 4.78 is 0. The lowest BCUT2D eigenvalue weighted by Gasteiger charge is -2.05. The number of allylic oxidation sites excluding steroid dienone is 9. The summed E-state index contributed by atoms with van der Waals surface area (Å²) in [5.41, 5.74) is 2.57. The first-order valence-electron chi connectivity index (χ1n) is 12.5. The minimum absolute atomic E-state index is 0.963. The SMILES string of the molecule is C1=CCC=C1.C1=CCC=C1.C=CCC.C=Cc1ccc(CC)cc1.CCCC(C)CCC. The fourth-order valence-electron chi connectivity index (χ4n) is 2.81. The summed E-state index contributed by atoms with van der Waals surface area (Å²) in [5.74, 6) is 0.963. The first kappa shape index (κ1) is 31.8. The molecule has 0 radical (unpaired) electrons. The van der Waals surface area contributed by atoms with Gasteiger partial charge in [-0.05, 0) is 42.7 Å². The van der Waals surface area contributed by atoms with Crippen LogP contribution in [-0.4, -0.2) is 0 Å². The van der Waals surface area contributed by atoms with Crippen molar-refractivity contribution in [2.45, 2.75) is 86.0 Å². The van der Waals surface area contributed by atoms with E-state index in [2.05, 4.69) is 121 Å². The lowest BCUT2D eigenvalue weighted by Crippen LogP contribution is -1.91. The summed E-state index contributed by atoms with van der Waals surface area (Å²) >= 11 is 0. The third-order valence-corrected chi connectivity index (χ3v) is 4.79. The first-order valence-corrected chi connectivity index (χ1v) is 12.5. The molecule has 0 N–H and O–H groups in total. The molecule has 178 valence electrons. The molecule has 1 aromatic carbocycles. The summed E-state index contributed by atoms with van der Waals surface area (Å²) in [7, 11) is 0. The molecule has 1 aromatic rings. The highest BCUT2D eigenvalue weighted by molar-refractivity contribution is 5.47. The molecular formula is C32H50. The summed E-state index contributed by atoms with van der Waals surface area (Å²) in [5, 5.41) is 0. The molecule has 0 bridgehead atoms.